The smallest absolute Gasteiger partial charge is 0.248 e. The second-order valence-electron chi connectivity index (χ2n) is 5.31. The number of fused-ring (bicyclic) bond motifs is 1. The molecular weight excluding hydrogens is 252 g/mol. The Balaban J connectivity index is 1.81. The van der Waals surface area contributed by atoms with Crippen molar-refractivity contribution < 1.29 is 9.59 Å². The monoisotopic (exact) mass is 268 g/mol. The summed E-state index contributed by atoms with van der Waals surface area (Å²) in [6, 6.07) is 0. The SMILES string of the molecule is O=C1[C@H]2CC(Cl)=CC[C@H]2C(=O)N1N1CCCCC1. The maximum Gasteiger partial charge on any atom is 0.248 e. The Morgan fingerprint density at radius 3 is 2.44 bits per heavy atom. The highest BCUT2D eigenvalue weighted by atomic mass is 35.5. The van der Waals surface area contributed by atoms with Crippen molar-refractivity contribution in [1.29, 1.82) is 0 Å². The molecule has 4 nitrogen and oxygen atoms in total. The van der Waals surface area contributed by atoms with Crippen molar-refractivity contribution in [2.24, 2.45) is 11.8 Å². The Hall–Kier alpha value is -0.870. The highest BCUT2D eigenvalue weighted by molar-refractivity contribution is 6.30. The van der Waals surface area contributed by atoms with E-state index in [-0.39, 0.29) is 23.7 Å². The van der Waals surface area contributed by atoms with Crippen LogP contribution in [0.1, 0.15) is 32.1 Å². The lowest BCUT2D eigenvalue weighted by Crippen LogP contribution is -2.49. The molecule has 2 amide bonds. The molecule has 1 aliphatic carbocycles. The molecule has 0 unspecified atom stereocenters. The number of amides is 2. The molecule has 18 heavy (non-hydrogen) atoms. The number of carbonyl (C=O) groups is 2. The van der Waals surface area contributed by atoms with Gasteiger partial charge in [-0.2, -0.15) is 0 Å². The van der Waals surface area contributed by atoms with E-state index in [1.54, 1.807) is 0 Å². The number of allylic oxidation sites excluding steroid dienone is 2. The number of rotatable bonds is 1. The predicted molar refractivity (Wildman–Crippen MR) is 67.4 cm³/mol. The molecule has 0 spiro atoms. The topological polar surface area (TPSA) is 40.6 Å². The van der Waals surface area contributed by atoms with Gasteiger partial charge >= 0.3 is 0 Å². The van der Waals surface area contributed by atoms with Gasteiger partial charge in [-0.05, 0) is 25.7 Å². The van der Waals surface area contributed by atoms with Crippen LogP contribution < -0.4 is 0 Å². The van der Waals surface area contributed by atoms with Gasteiger partial charge in [0.1, 0.15) is 0 Å². The molecule has 0 aromatic rings. The van der Waals surface area contributed by atoms with Crippen LogP contribution in [0.25, 0.3) is 0 Å². The molecule has 2 heterocycles. The molecule has 2 saturated heterocycles. The zero-order chi connectivity index (χ0) is 12.7. The third kappa shape index (κ3) is 1.88. The fourth-order valence-electron chi connectivity index (χ4n) is 3.17. The van der Waals surface area contributed by atoms with E-state index >= 15 is 0 Å². The van der Waals surface area contributed by atoms with Crippen LogP contribution in [-0.2, 0) is 9.59 Å². The quantitative estimate of drug-likeness (QED) is 0.682. The Bertz CT molecular complexity index is 415. The molecule has 0 aromatic carbocycles. The van der Waals surface area contributed by atoms with E-state index in [2.05, 4.69) is 0 Å². The van der Waals surface area contributed by atoms with Crippen LogP contribution in [0.5, 0.6) is 0 Å². The van der Waals surface area contributed by atoms with Gasteiger partial charge in [0.05, 0.1) is 11.8 Å². The first kappa shape index (κ1) is 12.2. The van der Waals surface area contributed by atoms with Gasteiger partial charge in [-0.15, -0.1) is 0 Å². The van der Waals surface area contributed by atoms with Crippen molar-refractivity contribution in [2.75, 3.05) is 13.1 Å². The lowest BCUT2D eigenvalue weighted by molar-refractivity contribution is -0.160. The normalized spacial score (nSPS) is 33.6. The van der Waals surface area contributed by atoms with Crippen LogP contribution in [0.4, 0.5) is 0 Å². The number of halogens is 1. The van der Waals surface area contributed by atoms with E-state index in [0.717, 1.165) is 31.0 Å². The van der Waals surface area contributed by atoms with Gasteiger partial charge in [0.25, 0.3) is 0 Å². The molecule has 98 valence electrons. The first-order valence-electron chi connectivity index (χ1n) is 6.65. The molecule has 2 aliphatic heterocycles. The van der Waals surface area contributed by atoms with Crippen molar-refractivity contribution in [3.8, 4) is 0 Å². The largest absolute Gasteiger partial charge is 0.273 e. The Kier molecular flexibility index (Phi) is 3.16. The molecule has 0 bridgehead atoms. The third-order valence-electron chi connectivity index (χ3n) is 4.16. The molecular formula is C13H17ClN2O2. The molecule has 2 fully saturated rings. The number of piperidine rings is 1. The van der Waals surface area contributed by atoms with Crippen LogP contribution in [0.2, 0.25) is 0 Å². The fourth-order valence-corrected chi connectivity index (χ4v) is 3.42. The van der Waals surface area contributed by atoms with Crippen molar-refractivity contribution in [3.05, 3.63) is 11.1 Å². The summed E-state index contributed by atoms with van der Waals surface area (Å²) in [6.07, 6.45) is 6.33. The first-order chi connectivity index (χ1) is 8.68. The summed E-state index contributed by atoms with van der Waals surface area (Å²) in [7, 11) is 0. The van der Waals surface area contributed by atoms with Crippen LogP contribution in [0.15, 0.2) is 11.1 Å². The average Bonchev–Trinajstić information content (AvgIpc) is 2.63. The summed E-state index contributed by atoms with van der Waals surface area (Å²) in [5.41, 5.74) is 0. The molecule has 0 radical (unpaired) electrons. The van der Waals surface area contributed by atoms with Crippen LogP contribution in [0.3, 0.4) is 0 Å². The summed E-state index contributed by atoms with van der Waals surface area (Å²) in [6.45, 7) is 1.64. The van der Waals surface area contributed by atoms with Gasteiger partial charge in [-0.1, -0.05) is 24.1 Å². The predicted octanol–water partition coefficient (Wildman–Crippen LogP) is 1.91. The van der Waals surface area contributed by atoms with Crippen molar-refractivity contribution >= 4 is 23.4 Å². The van der Waals surface area contributed by atoms with E-state index < -0.39 is 0 Å². The number of hydrogen-bond acceptors (Lipinski definition) is 3. The van der Waals surface area contributed by atoms with E-state index in [1.165, 1.54) is 11.4 Å². The van der Waals surface area contributed by atoms with Crippen molar-refractivity contribution in [1.82, 2.24) is 10.0 Å². The first-order valence-corrected chi connectivity index (χ1v) is 7.03. The number of carbonyl (C=O) groups excluding carboxylic acids is 2. The summed E-state index contributed by atoms with van der Waals surface area (Å²) in [5, 5.41) is 4.07. The molecule has 3 rings (SSSR count). The second-order valence-corrected chi connectivity index (χ2v) is 5.79. The van der Waals surface area contributed by atoms with Crippen LogP contribution >= 0.6 is 11.6 Å². The minimum Gasteiger partial charge on any atom is -0.273 e. The zero-order valence-corrected chi connectivity index (χ0v) is 11.0. The standard InChI is InChI=1S/C13H17ClN2O2/c14-9-4-5-10-11(8-9)13(18)16(12(10)17)15-6-2-1-3-7-15/h4,10-11H,1-3,5-8H2/t10-,11+/m1/s1. The van der Waals surface area contributed by atoms with E-state index in [4.69, 9.17) is 11.6 Å². The zero-order valence-electron chi connectivity index (χ0n) is 10.3. The van der Waals surface area contributed by atoms with Crippen LogP contribution in [-0.4, -0.2) is 34.9 Å². The van der Waals surface area contributed by atoms with Gasteiger partial charge in [-0.3, -0.25) is 9.59 Å². The highest BCUT2D eigenvalue weighted by Crippen LogP contribution is 2.39. The summed E-state index contributed by atoms with van der Waals surface area (Å²) in [4.78, 5) is 24.7. The van der Waals surface area contributed by atoms with Crippen molar-refractivity contribution in [3.63, 3.8) is 0 Å². The maximum atomic E-state index is 12.4. The Labute approximate surface area is 112 Å². The lowest BCUT2D eigenvalue weighted by Gasteiger charge is -2.33. The Morgan fingerprint density at radius 1 is 1.06 bits per heavy atom. The van der Waals surface area contributed by atoms with Crippen LogP contribution in [0, 0.1) is 11.8 Å². The second kappa shape index (κ2) is 4.67. The molecule has 0 aromatic heterocycles. The number of hydrazine groups is 1. The fraction of sp³-hybridized carbons (Fsp3) is 0.692. The van der Waals surface area contributed by atoms with E-state index in [1.807, 2.05) is 11.1 Å². The number of nitrogens with zero attached hydrogens (tertiary/aromatic N) is 2. The minimum absolute atomic E-state index is 0.0210. The number of imide groups is 1. The summed E-state index contributed by atoms with van der Waals surface area (Å²) < 4.78 is 0. The summed E-state index contributed by atoms with van der Waals surface area (Å²) >= 11 is 6.00. The number of hydrogen-bond donors (Lipinski definition) is 0. The molecule has 2 atom stereocenters. The van der Waals surface area contributed by atoms with E-state index in [0.29, 0.717) is 12.8 Å². The molecule has 0 saturated carbocycles. The average molecular weight is 269 g/mol. The minimum atomic E-state index is -0.225. The van der Waals surface area contributed by atoms with Gasteiger partial charge in [0.2, 0.25) is 11.8 Å². The lowest BCUT2D eigenvalue weighted by atomic mass is 9.85. The van der Waals surface area contributed by atoms with Gasteiger partial charge in [0.15, 0.2) is 0 Å². The third-order valence-corrected chi connectivity index (χ3v) is 4.47. The molecule has 5 heteroatoms. The highest BCUT2D eigenvalue weighted by Gasteiger charge is 2.50. The summed E-state index contributed by atoms with van der Waals surface area (Å²) in [5.74, 6) is -0.468. The van der Waals surface area contributed by atoms with Gasteiger partial charge in [-0.25, -0.2) is 10.0 Å². The Morgan fingerprint density at radius 2 is 1.72 bits per heavy atom. The van der Waals surface area contributed by atoms with E-state index in [9.17, 15) is 9.59 Å². The van der Waals surface area contributed by atoms with Crippen molar-refractivity contribution in [2.45, 2.75) is 32.1 Å². The van der Waals surface area contributed by atoms with Gasteiger partial charge in [0, 0.05) is 18.1 Å². The maximum absolute atomic E-state index is 12.4. The van der Waals surface area contributed by atoms with Gasteiger partial charge < -0.3 is 0 Å². The molecule has 0 N–H and O–H groups in total. The molecule has 3 aliphatic rings.